The van der Waals surface area contributed by atoms with Crippen LogP contribution in [0.3, 0.4) is 0 Å². The minimum Gasteiger partial charge on any atom is -0.493 e. The molecule has 1 aliphatic rings. The molecule has 3 aromatic rings. The highest BCUT2D eigenvalue weighted by Gasteiger charge is 2.33. The van der Waals surface area contributed by atoms with Gasteiger partial charge in [0, 0.05) is 25.2 Å². The van der Waals surface area contributed by atoms with E-state index in [9.17, 15) is 4.79 Å². The van der Waals surface area contributed by atoms with Crippen LogP contribution in [0.25, 0.3) is 17.1 Å². The molecule has 0 N–H and O–H groups in total. The predicted molar refractivity (Wildman–Crippen MR) is 122 cm³/mol. The lowest BCUT2D eigenvalue weighted by atomic mass is 10.2. The van der Waals surface area contributed by atoms with Gasteiger partial charge in [-0.15, -0.1) is 0 Å². The van der Waals surface area contributed by atoms with Crippen LogP contribution < -0.4 is 4.74 Å². The molecular weight excluding hydrogens is 444 g/mol. The standard InChI is InChI=1S/C23H25BrN4O2/c1-3-16-8-4-5-9-20(16)30-15-7-6-14-28(17-10-11-17)23(29)18-12-13-19-21(25-18)22(24)26-27(19)2/h3-5,8-9,12-13,17H,1,6-7,10-11,14-15H2,2H3. The molecule has 1 saturated carbocycles. The Hall–Kier alpha value is -2.67. The van der Waals surface area contributed by atoms with E-state index in [1.165, 1.54) is 0 Å². The Balaban J connectivity index is 1.35. The molecule has 1 aliphatic carbocycles. The molecule has 0 saturated heterocycles. The maximum Gasteiger partial charge on any atom is 0.272 e. The van der Waals surface area contributed by atoms with Crippen molar-refractivity contribution in [3.63, 3.8) is 0 Å². The predicted octanol–water partition coefficient (Wildman–Crippen LogP) is 4.84. The number of aromatic nitrogens is 3. The molecule has 1 fully saturated rings. The maximum absolute atomic E-state index is 13.1. The van der Waals surface area contributed by atoms with Crippen LogP contribution in [0.4, 0.5) is 0 Å². The van der Waals surface area contributed by atoms with E-state index < -0.39 is 0 Å². The zero-order chi connectivity index (χ0) is 21.1. The lowest BCUT2D eigenvalue weighted by Crippen LogP contribution is -2.34. The second kappa shape index (κ2) is 9.00. The van der Waals surface area contributed by atoms with E-state index >= 15 is 0 Å². The Kier molecular flexibility index (Phi) is 6.18. The molecule has 7 heteroatoms. The third kappa shape index (κ3) is 4.41. The largest absolute Gasteiger partial charge is 0.493 e. The highest BCUT2D eigenvalue weighted by Crippen LogP contribution is 2.29. The first-order valence-electron chi connectivity index (χ1n) is 10.2. The summed E-state index contributed by atoms with van der Waals surface area (Å²) in [5.41, 5.74) is 3.08. The number of fused-ring (bicyclic) bond motifs is 1. The molecule has 0 aliphatic heterocycles. The number of benzene rings is 1. The van der Waals surface area contributed by atoms with E-state index in [0.717, 1.165) is 42.5 Å². The molecule has 0 unspecified atom stereocenters. The molecule has 0 spiro atoms. The Bertz CT molecular complexity index is 1070. The molecule has 0 atom stereocenters. The van der Waals surface area contributed by atoms with Gasteiger partial charge in [-0.1, -0.05) is 30.9 Å². The van der Waals surface area contributed by atoms with Gasteiger partial charge in [0.05, 0.1) is 12.1 Å². The second-order valence-electron chi connectivity index (χ2n) is 7.51. The van der Waals surface area contributed by atoms with Gasteiger partial charge in [-0.2, -0.15) is 5.10 Å². The molecular formula is C23H25BrN4O2. The zero-order valence-corrected chi connectivity index (χ0v) is 18.6. The Labute approximate surface area is 184 Å². The van der Waals surface area contributed by atoms with E-state index in [0.29, 0.717) is 35.0 Å². The summed E-state index contributed by atoms with van der Waals surface area (Å²) in [7, 11) is 1.86. The summed E-state index contributed by atoms with van der Waals surface area (Å²) in [6.07, 6.45) is 5.69. The number of halogens is 1. The van der Waals surface area contributed by atoms with Gasteiger partial charge in [0.1, 0.15) is 17.0 Å². The first kappa shape index (κ1) is 20.6. The van der Waals surface area contributed by atoms with Crippen LogP contribution in [-0.4, -0.2) is 44.8 Å². The molecule has 0 bridgehead atoms. The third-order valence-electron chi connectivity index (χ3n) is 5.31. The van der Waals surface area contributed by atoms with Crippen LogP contribution in [0.1, 0.15) is 41.7 Å². The second-order valence-corrected chi connectivity index (χ2v) is 8.26. The summed E-state index contributed by atoms with van der Waals surface area (Å²) >= 11 is 3.43. The Morgan fingerprint density at radius 2 is 2.10 bits per heavy atom. The number of para-hydroxylation sites is 1. The van der Waals surface area contributed by atoms with E-state index in [-0.39, 0.29) is 5.91 Å². The van der Waals surface area contributed by atoms with Gasteiger partial charge in [-0.3, -0.25) is 9.48 Å². The van der Waals surface area contributed by atoms with Gasteiger partial charge in [0.2, 0.25) is 0 Å². The van der Waals surface area contributed by atoms with Crippen molar-refractivity contribution in [3.05, 3.63) is 58.8 Å². The van der Waals surface area contributed by atoms with E-state index in [4.69, 9.17) is 4.74 Å². The number of carbonyl (C=O) groups excluding carboxylic acids is 1. The molecule has 6 nitrogen and oxygen atoms in total. The normalized spacial score (nSPS) is 13.4. The van der Waals surface area contributed by atoms with Crippen molar-refractivity contribution in [2.75, 3.05) is 13.2 Å². The van der Waals surface area contributed by atoms with Gasteiger partial charge in [-0.05, 0) is 59.8 Å². The number of rotatable bonds is 9. The number of hydrogen-bond donors (Lipinski definition) is 0. The fourth-order valence-corrected chi connectivity index (χ4v) is 4.08. The molecule has 2 heterocycles. The molecule has 1 aromatic carbocycles. The average molecular weight is 469 g/mol. The van der Waals surface area contributed by atoms with E-state index in [1.54, 1.807) is 16.8 Å². The zero-order valence-electron chi connectivity index (χ0n) is 17.1. The molecule has 30 heavy (non-hydrogen) atoms. The monoisotopic (exact) mass is 468 g/mol. The van der Waals surface area contributed by atoms with Gasteiger partial charge < -0.3 is 9.64 Å². The van der Waals surface area contributed by atoms with Crippen molar-refractivity contribution >= 4 is 38.9 Å². The van der Waals surface area contributed by atoms with Crippen molar-refractivity contribution in [1.29, 1.82) is 0 Å². The topological polar surface area (TPSA) is 60.2 Å². The van der Waals surface area contributed by atoms with Crippen molar-refractivity contribution in [1.82, 2.24) is 19.7 Å². The first-order chi connectivity index (χ1) is 14.6. The minimum absolute atomic E-state index is 0.00641. The summed E-state index contributed by atoms with van der Waals surface area (Å²) in [6.45, 7) is 5.15. The fraction of sp³-hybridized carbons (Fsp3) is 0.348. The molecule has 4 rings (SSSR count). The van der Waals surface area contributed by atoms with Gasteiger partial charge >= 0.3 is 0 Å². The van der Waals surface area contributed by atoms with Crippen LogP contribution in [-0.2, 0) is 7.05 Å². The number of ether oxygens (including phenoxy) is 1. The molecule has 156 valence electrons. The van der Waals surface area contributed by atoms with Crippen LogP contribution in [0, 0.1) is 0 Å². The minimum atomic E-state index is -0.00641. The van der Waals surface area contributed by atoms with Crippen molar-refractivity contribution in [2.24, 2.45) is 7.05 Å². The van der Waals surface area contributed by atoms with E-state index in [2.05, 4.69) is 32.6 Å². The first-order valence-corrected chi connectivity index (χ1v) is 11.0. The lowest BCUT2D eigenvalue weighted by Gasteiger charge is -2.22. The number of nitrogens with zero attached hydrogens (tertiary/aromatic N) is 4. The van der Waals surface area contributed by atoms with Crippen molar-refractivity contribution in [2.45, 2.75) is 31.7 Å². The Morgan fingerprint density at radius 1 is 1.30 bits per heavy atom. The number of carbonyl (C=O) groups is 1. The van der Waals surface area contributed by atoms with Crippen molar-refractivity contribution < 1.29 is 9.53 Å². The van der Waals surface area contributed by atoms with Crippen LogP contribution in [0.5, 0.6) is 5.75 Å². The molecule has 2 aromatic heterocycles. The Morgan fingerprint density at radius 3 is 2.87 bits per heavy atom. The average Bonchev–Trinajstić information content (AvgIpc) is 3.56. The SMILES string of the molecule is C=Cc1ccccc1OCCCCN(C(=O)c1ccc2c(n1)c(Br)nn2C)C1CC1. The van der Waals surface area contributed by atoms with Gasteiger partial charge in [0.15, 0.2) is 4.60 Å². The number of pyridine rings is 1. The summed E-state index contributed by atoms with van der Waals surface area (Å²) in [4.78, 5) is 19.7. The van der Waals surface area contributed by atoms with Crippen LogP contribution in [0.15, 0.2) is 47.6 Å². The number of hydrogen-bond acceptors (Lipinski definition) is 4. The van der Waals surface area contributed by atoms with Gasteiger partial charge in [0.25, 0.3) is 5.91 Å². The third-order valence-corrected chi connectivity index (χ3v) is 5.85. The molecule has 1 amide bonds. The quantitative estimate of drug-likeness (QED) is 0.421. The van der Waals surface area contributed by atoms with E-state index in [1.807, 2.05) is 42.3 Å². The highest BCUT2D eigenvalue weighted by molar-refractivity contribution is 9.10. The lowest BCUT2D eigenvalue weighted by molar-refractivity contribution is 0.0732. The van der Waals surface area contributed by atoms with Crippen LogP contribution in [0.2, 0.25) is 0 Å². The number of unbranched alkanes of at least 4 members (excludes halogenated alkanes) is 1. The fourth-order valence-electron chi connectivity index (χ4n) is 3.55. The van der Waals surface area contributed by atoms with Crippen molar-refractivity contribution in [3.8, 4) is 5.75 Å². The summed E-state index contributed by atoms with van der Waals surface area (Å²) < 4.78 is 8.30. The smallest absolute Gasteiger partial charge is 0.272 e. The number of aryl methyl sites for hydroxylation is 1. The van der Waals surface area contributed by atoms with Gasteiger partial charge in [-0.25, -0.2) is 4.98 Å². The summed E-state index contributed by atoms with van der Waals surface area (Å²) in [5.74, 6) is 0.843. The maximum atomic E-state index is 13.1. The van der Waals surface area contributed by atoms with Crippen LogP contribution >= 0.6 is 15.9 Å². The summed E-state index contributed by atoms with van der Waals surface area (Å²) in [5, 5.41) is 4.32. The summed E-state index contributed by atoms with van der Waals surface area (Å²) in [6, 6.07) is 11.9. The molecule has 0 radical (unpaired) electrons. The highest BCUT2D eigenvalue weighted by atomic mass is 79.9. The number of amides is 1.